The Balaban J connectivity index is 1.25. The number of anilines is 1. The van der Waals surface area contributed by atoms with Gasteiger partial charge in [0, 0.05) is 23.4 Å². The summed E-state index contributed by atoms with van der Waals surface area (Å²) in [4.78, 5) is 25.3. The molecule has 4 rings (SSSR count). The average Bonchev–Trinajstić information content (AvgIpc) is 2.95. The van der Waals surface area contributed by atoms with Crippen molar-refractivity contribution in [1.82, 2.24) is 10.6 Å². The molecule has 4 aromatic rings. The topological polar surface area (TPSA) is 88.7 Å². The number of hydrogen-bond acceptors (Lipinski definition) is 5. The first kappa shape index (κ1) is 26.4. The minimum Gasteiger partial charge on any atom is -0.490 e. The van der Waals surface area contributed by atoms with E-state index in [0.717, 1.165) is 11.3 Å². The first-order valence-electron chi connectivity index (χ1n) is 12.0. The molecule has 0 saturated carbocycles. The molecular weight excluding hydrogens is 498 g/mol. The largest absolute Gasteiger partial charge is 0.490 e. The second-order valence-corrected chi connectivity index (χ2v) is 8.60. The summed E-state index contributed by atoms with van der Waals surface area (Å²) < 4.78 is 11.3. The quantitative estimate of drug-likeness (QED) is 0.195. The monoisotopic (exact) mass is 525 g/mol. The first-order valence-corrected chi connectivity index (χ1v) is 12.4. The second kappa shape index (κ2) is 13.6. The van der Waals surface area contributed by atoms with E-state index in [-0.39, 0.29) is 16.9 Å². The lowest BCUT2D eigenvalue weighted by Crippen LogP contribution is -2.34. The van der Waals surface area contributed by atoms with Crippen molar-refractivity contribution in [3.8, 4) is 11.5 Å². The molecule has 8 heteroatoms. The van der Waals surface area contributed by atoms with Crippen LogP contribution in [0.3, 0.4) is 0 Å². The smallest absolute Gasteiger partial charge is 0.257 e. The average molecular weight is 526 g/mol. The number of ether oxygens (including phenoxy) is 2. The van der Waals surface area contributed by atoms with E-state index in [2.05, 4.69) is 16.0 Å². The summed E-state index contributed by atoms with van der Waals surface area (Å²) in [5, 5.41) is 8.61. The molecule has 0 spiro atoms. The van der Waals surface area contributed by atoms with Crippen molar-refractivity contribution < 1.29 is 19.1 Å². The Morgan fingerprint density at radius 3 is 2.00 bits per heavy atom. The van der Waals surface area contributed by atoms with Crippen LogP contribution in [-0.4, -0.2) is 30.1 Å². The lowest BCUT2D eigenvalue weighted by atomic mass is 10.1. The maximum Gasteiger partial charge on any atom is 0.257 e. The SMILES string of the molecule is O=C(NCc1ccccc1)c1cccc(NC(=S)NC(=O)c2cccc(OCCOc3ccccc3)c2)c1. The van der Waals surface area contributed by atoms with Gasteiger partial charge in [-0.15, -0.1) is 0 Å². The molecule has 0 bridgehead atoms. The van der Waals surface area contributed by atoms with Crippen LogP contribution >= 0.6 is 12.2 Å². The maximum atomic E-state index is 12.7. The third kappa shape index (κ3) is 8.18. The Morgan fingerprint density at radius 2 is 1.26 bits per heavy atom. The number of rotatable bonds is 10. The van der Waals surface area contributed by atoms with Crippen LogP contribution in [0.5, 0.6) is 11.5 Å². The lowest BCUT2D eigenvalue weighted by molar-refractivity contribution is 0.0948. The van der Waals surface area contributed by atoms with Crippen LogP contribution in [0.2, 0.25) is 0 Å². The van der Waals surface area contributed by atoms with E-state index in [1.807, 2.05) is 60.7 Å². The molecule has 0 saturated heterocycles. The Kier molecular flexibility index (Phi) is 9.42. The van der Waals surface area contributed by atoms with E-state index in [4.69, 9.17) is 21.7 Å². The zero-order valence-corrected chi connectivity index (χ0v) is 21.4. The fourth-order valence-electron chi connectivity index (χ4n) is 3.52. The summed E-state index contributed by atoms with van der Waals surface area (Å²) in [6.07, 6.45) is 0. The molecule has 0 fully saturated rings. The maximum absolute atomic E-state index is 12.7. The van der Waals surface area contributed by atoms with E-state index in [1.54, 1.807) is 48.5 Å². The molecule has 3 N–H and O–H groups in total. The predicted molar refractivity (Wildman–Crippen MR) is 152 cm³/mol. The van der Waals surface area contributed by atoms with Crippen LogP contribution in [0, 0.1) is 0 Å². The molecule has 7 nitrogen and oxygen atoms in total. The number of nitrogens with one attached hydrogen (secondary N) is 3. The number of para-hydroxylation sites is 1. The molecule has 4 aromatic carbocycles. The van der Waals surface area contributed by atoms with Crippen molar-refractivity contribution in [3.05, 3.63) is 126 Å². The van der Waals surface area contributed by atoms with Gasteiger partial charge in [0.15, 0.2) is 5.11 Å². The van der Waals surface area contributed by atoms with Gasteiger partial charge in [-0.2, -0.15) is 0 Å². The number of carbonyl (C=O) groups excluding carboxylic acids is 2. The van der Waals surface area contributed by atoms with Gasteiger partial charge < -0.3 is 20.1 Å². The molecule has 0 unspecified atom stereocenters. The summed E-state index contributed by atoms with van der Waals surface area (Å²) >= 11 is 5.31. The van der Waals surface area contributed by atoms with Crippen molar-refractivity contribution in [2.24, 2.45) is 0 Å². The Bertz CT molecular complexity index is 1380. The molecule has 192 valence electrons. The summed E-state index contributed by atoms with van der Waals surface area (Å²) in [5.74, 6) is 0.717. The lowest BCUT2D eigenvalue weighted by Gasteiger charge is -2.12. The molecule has 0 aliphatic rings. The first-order chi connectivity index (χ1) is 18.6. The van der Waals surface area contributed by atoms with Gasteiger partial charge in [0.05, 0.1) is 0 Å². The van der Waals surface area contributed by atoms with Crippen molar-refractivity contribution in [3.63, 3.8) is 0 Å². The van der Waals surface area contributed by atoms with Crippen LogP contribution in [0.1, 0.15) is 26.3 Å². The van der Waals surface area contributed by atoms with Crippen LogP contribution in [0.25, 0.3) is 0 Å². The Morgan fingerprint density at radius 1 is 0.658 bits per heavy atom. The van der Waals surface area contributed by atoms with Crippen LogP contribution in [-0.2, 0) is 6.54 Å². The van der Waals surface area contributed by atoms with E-state index in [9.17, 15) is 9.59 Å². The van der Waals surface area contributed by atoms with Crippen LogP contribution < -0.4 is 25.4 Å². The molecule has 0 atom stereocenters. The number of hydrogen-bond donors (Lipinski definition) is 3. The van der Waals surface area contributed by atoms with E-state index >= 15 is 0 Å². The normalized spacial score (nSPS) is 10.2. The van der Waals surface area contributed by atoms with Gasteiger partial charge in [0.1, 0.15) is 24.7 Å². The van der Waals surface area contributed by atoms with E-state index < -0.39 is 0 Å². The summed E-state index contributed by atoms with van der Waals surface area (Å²) in [6, 6.07) is 32.8. The van der Waals surface area contributed by atoms with Crippen molar-refractivity contribution in [2.75, 3.05) is 18.5 Å². The number of thiocarbonyl (C=S) groups is 1. The predicted octanol–water partition coefficient (Wildman–Crippen LogP) is 5.20. The fraction of sp³-hybridized carbons (Fsp3) is 0.100. The molecule has 0 radical (unpaired) electrons. The highest BCUT2D eigenvalue weighted by Crippen LogP contribution is 2.15. The second-order valence-electron chi connectivity index (χ2n) is 8.20. The minimum atomic E-state index is -0.384. The van der Waals surface area contributed by atoms with Gasteiger partial charge in [-0.05, 0) is 66.3 Å². The highest BCUT2D eigenvalue weighted by Gasteiger charge is 2.11. The van der Waals surface area contributed by atoms with Crippen LogP contribution in [0.15, 0.2) is 109 Å². The van der Waals surface area contributed by atoms with E-state index in [0.29, 0.717) is 42.3 Å². The zero-order chi connectivity index (χ0) is 26.6. The molecule has 0 heterocycles. The molecule has 0 aliphatic heterocycles. The number of carbonyl (C=O) groups is 2. The molecule has 0 aromatic heterocycles. The third-order valence-corrected chi connectivity index (χ3v) is 5.57. The molecule has 2 amide bonds. The highest BCUT2D eigenvalue weighted by atomic mass is 32.1. The Hall–Kier alpha value is -4.69. The van der Waals surface area contributed by atoms with E-state index in [1.165, 1.54) is 0 Å². The zero-order valence-electron chi connectivity index (χ0n) is 20.6. The fourth-order valence-corrected chi connectivity index (χ4v) is 3.73. The molecule has 38 heavy (non-hydrogen) atoms. The van der Waals surface area contributed by atoms with Crippen molar-refractivity contribution >= 4 is 34.8 Å². The van der Waals surface area contributed by atoms with Gasteiger partial charge in [-0.1, -0.05) is 60.7 Å². The van der Waals surface area contributed by atoms with Gasteiger partial charge in [-0.25, -0.2) is 0 Å². The molecular formula is C30H27N3O4S. The van der Waals surface area contributed by atoms with Crippen molar-refractivity contribution in [1.29, 1.82) is 0 Å². The van der Waals surface area contributed by atoms with Crippen LogP contribution in [0.4, 0.5) is 5.69 Å². The van der Waals surface area contributed by atoms with Gasteiger partial charge in [0.2, 0.25) is 0 Å². The number of amides is 2. The van der Waals surface area contributed by atoms with Gasteiger partial charge in [-0.3, -0.25) is 14.9 Å². The van der Waals surface area contributed by atoms with Crippen molar-refractivity contribution in [2.45, 2.75) is 6.54 Å². The third-order valence-electron chi connectivity index (χ3n) is 5.37. The standard InChI is InChI=1S/C30H27N3O4S/c34-28(31-21-22-9-3-1-4-10-22)23-11-7-13-25(19-23)32-30(38)33-29(35)24-12-8-16-27(20-24)37-18-17-36-26-14-5-2-6-15-26/h1-16,19-20H,17-18,21H2,(H,31,34)(H2,32,33,35,38). The Labute approximate surface area is 226 Å². The summed E-state index contributed by atoms with van der Waals surface area (Å²) in [5.41, 5.74) is 2.46. The highest BCUT2D eigenvalue weighted by molar-refractivity contribution is 7.80. The minimum absolute atomic E-state index is 0.111. The van der Waals surface area contributed by atoms with Gasteiger partial charge >= 0.3 is 0 Å². The summed E-state index contributed by atoms with van der Waals surface area (Å²) in [6.45, 7) is 1.13. The van der Waals surface area contributed by atoms with Gasteiger partial charge in [0.25, 0.3) is 11.8 Å². The molecule has 0 aliphatic carbocycles. The summed E-state index contributed by atoms with van der Waals surface area (Å²) in [7, 11) is 0. The number of benzene rings is 4.